The first-order chi connectivity index (χ1) is 10.8. The lowest BCUT2D eigenvalue weighted by Gasteiger charge is -2.28. The van der Waals surface area contributed by atoms with E-state index in [4.69, 9.17) is 0 Å². The lowest BCUT2D eigenvalue weighted by Crippen LogP contribution is -2.33. The van der Waals surface area contributed by atoms with Gasteiger partial charge in [0.25, 0.3) is 0 Å². The smallest absolute Gasteiger partial charge is 0.223 e. The van der Waals surface area contributed by atoms with E-state index in [2.05, 4.69) is 54.3 Å². The van der Waals surface area contributed by atoms with E-state index < -0.39 is 0 Å². The summed E-state index contributed by atoms with van der Waals surface area (Å²) in [7, 11) is 0. The first-order valence-corrected chi connectivity index (χ1v) is 8.15. The Morgan fingerprint density at radius 3 is 2.27 bits per heavy atom. The molecular formula is C20H23NO. The fourth-order valence-corrected chi connectivity index (χ4v) is 3.38. The molecule has 0 unspecified atom stereocenters. The molecule has 1 amide bonds. The molecule has 3 rings (SSSR count). The van der Waals surface area contributed by atoms with Crippen molar-refractivity contribution in [2.75, 3.05) is 6.54 Å². The summed E-state index contributed by atoms with van der Waals surface area (Å²) in [5, 5.41) is 0. The van der Waals surface area contributed by atoms with E-state index in [1.165, 1.54) is 11.1 Å². The molecule has 2 heteroatoms. The minimum Gasteiger partial charge on any atom is -0.336 e. The van der Waals surface area contributed by atoms with Gasteiger partial charge in [-0.25, -0.2) is 0 Å². The van der Waals surface area contributed by atoms with Crippen molar-refractivity contribution >= 4 is 5.91 Å². The van der Waals surface area contributed by atoms with Crippen LogP contribution >= 0.6 is 0 Å². The minimum atomic E-state index is 0.156. The van der Waals surface area contributed by atoms with Crippen LogP contribution in [0.5, 0.6) is 0 Å². The van der Waals surface area contributed by atoms with Gasteiger partial charge in [0.1, 0.15) is 0 Å². The highest BCUT2D eigenvalue weighted by Crippen LogP contribution is 2.31. The number of benzene rings is 2. The van der Waals surface area contributed by atoms with Crippen molar-refractivity contribution in [1.29, 1.82) is 0 Å². The Morgan fingerprint density at radius 2 is 1.59 bits per heavy atom. The molecule has 1 heterocycles. The molecule has 1 saturated heterocycles. The van der Waals surface area contributed by atoms with Gasteiger partial charge in [-0.3, -0.25) is 4.79 Å². The zero-order valence-corrected chi connectivity index (χ0v) is 13.1. The maximum atomic E-state index is 12.5. The van der Waals surface area contributed by atoms with Gasteiger partial charge in [-0.05, 0) is 36.8 Å². The SMILES string of the molecule is C[C@H](c1ccccc1)N1CC[C@@H](c2ccccc2)CCC1=O. The Labute approximate surface area is 132 Å². The maximum absolute atomic E-state index is 12.5. The monoisotopic (exact) mass is 293 g/mol. The summed E-state index contributed by atoms with van der Waals surface area (Å²) in [6.45, 7) is 2.98. The second kappa shape index (κ2) is 6.78. The third-order valence-corrected chi connectivity index (χ3v) is 4.77. The zero-order valence-electron chi connectivity index (χ0n) is 13.1. The Morgan fingerprint density at radius 1 is 0.955 bits per heavy atom. The maximum Gasteiger partial charge on any atom is 0.223 e. The quantitative estimate of drug-likeness (QED) is 0.813. The molecule has 2 atom stereocenters. The highest BCUT2D eigenvalue weighted by Gasteiger charge is 2.27. The summed E-state index contributed by atoms with van der Waals surface area (Å²) in [6, 6.07) is 21.1. The van der Waals surface area contributed by atoms with Crippen LogP contribution in [-0.2, 0) is 4.79 Å². The third-order valence-electron chi connectivity index (χ3n) is 4.77. The van der Waals surface area contributed by atoms with E-state index in [-0.39, 0.29) is 11.9 Å². The minimum absolute atomic E-state index is 0.156. The molecule has 1 fully saturated rings. The molecule has 0 aliphatic carbocycles. The van der Waals surface area contributed by atoms with Gasteiger partial charge in [-0.1, -0.05) is 60.7 Å². The number of carbonyl (C=O) groups is 1. The molecule has 0 bridgehead atoms. The van der Waals surface area contributed by atoms with Gasteiger partial charge in [0, 0.05) is 13.0 Å². The van der Waals surface area contributed by atoms with Crippen LogP contribution in [0.1, 0.15) is 49.3 Å². The second-order valence-corrected chi connectivity index (χ2v) is 6.11. The van der Waals surface area contributed by atoms with E-state index in [0.717, 1.165) is 19.4 Å². The van der Waals surface area contributed by atoms with Gasteiger partial charge >= 0.3 is 0 Å². The van der Waals surface area contributed by atoms with E-state index >= 15 is 0 Å². The van der Waals surface area contributed by atoms with Crippen LogP contribution in [0.3, 0.4) is 0 Å². The molecule has 22 heavy (non-hydrogen) atoms. The van der Waals surface area contributed by atoms with Gasteiger partial charge in [0.15, 0.2) is 0 Å². The average molecular weight is 293 g/mol. The first kappa shape index (κ1) is 14.8. The van der Waals surface area contributed by atoms with Crippen LogP contribution in [-0.4, -0.2) is 17.4 Å². The van der Waals surface area contributed by atoms with Crippen molar-refractivity contribution in [3.63, 3.8) is 0 Å². The number of hydrogen-bond donors (Lipinski definition) is 0. The predicted molar refractivity (Wildman–Crippen MR) is 89.6 cm³/mol. The predicted octanol–water partition coefficient (Wildman–Crippen LogP) is 4.54. The summed E-state index contributed by atoms with van der Waals surface area (Å²) in [5.74, 6) is 0.785. The van der Waals surface area contributed by atoms with Gasteiger partial charge < -0.3 is 4.90 Å². The van der Waals surface area contributed by atoms with Crippen molar-refractivity contribution in [2.24, 2.45) is 0 Å². The lowest BCUT2D eigenvalue weighted by molar-refractivity contribution is -0.132. The largest absolute Gasteiger partial charge is 0.336 e. The normalized spacial score (nSPS) is 20.5. The number of rotatable bonds is 3. The van der Waals surface area contributed by atoms with E-state index in [1.807, 2.05) is 18.2 Å². The highest BCUT2D eigenvalue weighted by molar-refractivity contribution is 5.77. The molecule has 0 aromatic heterocycles. The molecule has 0 radical (unpaired) electrons. The molecule has 0 N–H and O–H groups in total. The zero-order chi connectivity index (χ0) is 15.4. The number of carbonyl (C=O) groups excluding carboxylic acids is 1. The van der Waals surface area contributed by atoms with Gasteiger partial charge in [-0.2, -0.15) is 0 Å². The molecule has 0 saturated carbocycles. The third kappa shape index (κ3) is 3.22. The first-order valence-electron chi connectivity index (χ1n) is 8.15. The standard InChI is InChI=1S/C20H23NO/c1-16(17-8-4-2-5-9-17)21-15-14-19(12-13-20(21)22)18-10-6-3-7-11-18/h2-11,16,19H,12-15H2,1H3/t16-,19+/m1/s1. The topological polar surface area (TPSA) is 20.3 Å². The van der Waals surface area contributed by atoms with Crippen LogP contribution in [0, 0.1) is 0 Å². The molecule has 114 valence electrons. The molecule has 2 nitrogen and oxygen atoms in total. The molecular weight excluding hydrogens is 270 g/mol. The second-order valence-electron chi connectivity index (χ2n) is 6.11. The Balaban J connectivity index is 1.74. The van der Waals surface area contributed by atoms with Crippen LogP contribution in [0.4, 0.5) is 0 Å². The summed E-state index contributed by atoms with van der Waals surface area (Å²) in [6.07, 6.45) is 2.66. The van der Waals surface area contributed by atoms with Crippen molar-refractivity contribution in [2.45, 2.75) is 38.1 Å². The average Bonchev–Trinajstić information content (AvgIpc) is 2.78. The lowest BCUT2D eigenvalue weighted by atomic mass is 9.92. The Bertz CT molecular complexity index is 608. The van der Waals surface area contributed by atoms with Crippen molar-refractivity contribution in [3.8, 4) is 0 Å². The van der Waals surface area contributed by atoms with Crippen molar-refractivity contribution < 1.29 is 4.79 Å². The summed E-state index contributed by atoms with van der Waals surface area (Å²) >= 11 is 0. The van der Waals surface area contributed by atoms with Crippen molar-refractivity contribution in [1.82, 2.24) is 4.90 Å². The fraction of sp³-hybridized carbons (Fsp3) is 0.350. The molecule has 1 aliphatic heterocycles. The van der Waals surface area contributed by atoms with E-state index in [9.17, 15) is 4.79 Å². The van der Waals surface area contributed by atoms with Crippen molar-refractivity contribution in [3.05, 3.63) is 71.8 Å². The summed E-state index contributed by atoms with van der Waals surface area (Å²) in [5.41, 5.74) is 2.58. The fourth-order valence-electron chi connectivity index (χ4n) is 3.38. The van der Waals surface area contributed by atoms with E-state index in [0.29, 0.717) is 12.3 Å². The number of likely N-dealkylation sites (tertiary alicyclic amines) is 1. The van der Waals surface area contributed by atoms with Crippen LogP contribution in [0.2, 0.25) is 0 Å². The molecule has 1 aliphatic rings. The van der Waals surface area contributed by atoms with Crippen LogP contribution in [0.15, 0.2) is 60.7 Å². The van der Waals surface area contributed by atoms with Gasteiger partial charge in [0.2, 0.25) is 5.91 Å². The van der Waals surface area contributed by atoms with Gasteiger partial charge in [0.05, 0.1) is 6.04 Å². The Kier molecular flexibility index (Phi) is 4.57. The van der Waals surface area contributed by atoms with Crippen LogP contribution in [0.25, 0.3) is 0 Å². The summed E-state index contributed by atoms with van der Waals surface area (Å²) < 4.78 is 0. The Hall–Kier alpha value is -2.09. The molecule has 0 spiro atoms. The van der Waals surface area contributed by atoms with Gasteiger partial charge in [-0.15, -0.1) is 0 Å². The molecule has 2 aromatic rings. The highest BCUT2D eigenvalue weighted by atomic mass is 16.2. The van der Waals surface area contributed by atoms with Crippen LogP contribution < -0.4 is 0 Å². The van der Waals surface area contributed by atoms with E-state index in [1.54, 1.807) is 0 Å². The number of amides is 1. The molecule has 2 aromatic carbocycles. The number of nitrogens with zero attached hydrogens (tertiary/aromatic N) is 1. The number of hydrogen-bond acceptors (Lipinski definition) is 1. The summed E-state index contributed by atoms with van der Waals surface area (Å²) in [4.78, 5) is 14.6.